The van der Waals surface area contributed by atoms with Crippen molar-refractivity contribution in [2.75, 3.05) is 0 Å². The van der Waals surface area contributed by atoms with E-state index >= 15 is 0 Å². The zero-order valence-corrected chi connectivity index (χ0v) is 7.37. The van der Waals surface area contributed by atoms with Gasteiger partial charge in [0.1, 0.15) is 0 Å². The number of nitriles is 2. The number of rotatable bonds is 1. The van der Waals surface area contributed by atoms with Crippen molar-refractivity contribution in [1.29, 1.82) is 10.5 Å². The summed E-state index contributed by atoms with van der Waals surface area (Å²) < 4.78 is 0. The Morgan fingerprint density at radius 1 is 1.33 bits per heavy atom. The first-order valence-electron chi connectivity index (χ1n) is 2.51. The fraction of sp³-hybridized carbons (Fsp3) is 0.667. The quantitative estimate of drug-likeness (QED) is 0.546. The molecule has 0 bridgehead atoms. The number of nitrogens with zero attached hydrogens (tertiary/aromatic N) is 2. The molecule has 0 unspecified atom stereocenters. The van der Waals surface area contributed by atoms with Gasteiger partial charge in [0.05, 0.1) is 12.1 Å². The topological polar surface area (TPSA) is 47.6 Å². The summed E-state index contributed by atoms with van der Waals surface area (Å²) in [4.78, 5) is 0. The Balaban J connectivity index is -0.0000000800. The second-order valence-electron chi connectivity index (χ2n) is 1.13. The third kappa shape index (κ3) is 86.9. The van der Waals surface area contributed by atoms with Crippen LogP contribution in [0.1, 0.15) is 26.7 Å². The SMILES string of the molecule is CC#N.CCCC#N.[Ti]. The maximum Gasteiger partial charge on any atom is 0.0621 e. The van der Waals surface area contributed by atoms with Crippen LogP contribution >= 0.6 is 0 Å². The predicted octanol–water partition coefficient (Wildman–Crippen LogP) is 1.84. The van der Waals surface area contributed by atoms with Crippen LogP contribution in [0.3, 0.4) is 0 Å². The molecule has 0 aliphatic carbocycles. The average Bonchev–Trinajstić information content (AvgIpc) is 1.71. The van der Waals surface area contributed by atoms with Gasteiger partial charge in [-0.15, -0.1) is 0 Å². The van der Waals surface area contributed by atoms with Gasteiger partial charge in [-0.05, 0) is 6.42 Å². The summed E-state index contributed by atoms with van der Waals surface area (Å²) in [5.74, 6) is 0. The van der Waals surface area contributed by atoms with Crippen LogP contribution in [0.15, 0.2) is 0 Å². The smallest absolute Gasteiger partial charge is 0.0621 e. The minimum absolute atomic E-state index is 0. The van der Waals surface area contributed by atoms with Gasteiger partial charge in [0.15, 0.2) is 0 Å². The predicted molar refractivity (Wildman–Crippen MR) is 31.8 cm³/mol. The Kier molecular flexibility index (Phi) is 44.6. The molecule has 3 heteroatoms. The molecular formula is C6H10N2Ti. The summed E-state index contributed by atoms with van der Waals surface area (Å²) in [6.45, 7) is 3.42. The molecule has 0 amide bonds. The summed E-state index contributed by atoms with van der Waals surface area (Å²) in [7, 11) is 0. The van der Waals surface area contributed by atoms with Crippen LogP contribution < -0.4 is 0 Å². The van der Waals surface area contributed by atoms with Gasteiger partial charge in [0, 0.05) is 35.1 Å². The van der Waals surface area contributed by atoms with Gasteiger partial charge >= 0.3 is 0 Å². The molecule has 0 radical (unpaired) electrons. The molecule has 2 nitrogen and oxygen atoms in total. The van der Waals surface area contributed by atoms with Crippen LogP contribution in [0.25, 0.3) is 0 Å². The molecule has 48 valence electrons. The van der Waals surface area contributed by atoms with Crippen molar-refractivity contribution in [3.63, 3.8) is 0 Å². The fourth-order valence-corrected chi connectivity index (χ4v) is 0.112. The fourth-order valence-electron chi connectivity index (χ4n) is 0.112. The molecule has 0 heterocycles. The van der Waals surface area contributed by atoms with E-state index in [1.807, 2.05) is 13.0 Å². The van der Waals surface area contributed by atoms with E-state index in [-0.39, 0.29) is 21.7 Å². The maximum atomic E-state index is 7.82. The van der Waals surface area contributed by atoms with Gasteiger partial charge in [0.2, 0.25) is 0 Å². The van der Waals surface area contributed by atoms with E-state index in [0.717, 1.165) is 6.42 Å². The third-order valence-electron chi connectivity index (χ3n) is 0.362. The Bertz CT molecular complexity index is 98.6. The maximum absolute atomic E-state index is 7.82. The summed E-state index contributed by atoms with van der Waals surface area (Å²) in [6.07, 6.45) is 1.68. The third-order valence-corrected chi connectivity index (χ3v) is 0.362. The van der Waals surface area contributed by atoms with E-state index in [0.29, 0.717) is 6.42 Å². The normalized spacial score (nSPS) is 4.44. The first kappa shape index (κ1) is 15.9. The zero-order chi connectivity index (χ0) is 6.83. The van der Waals surface area contributed by atoms with E-state index in [1.165, 1.54) is 6.92 Å². The average molecular weight is 158 g/mol. The molecule has 0 atom stereocenters. The van der Waals surface area contributed by atoms with Crippen LogP contribution in [0.2, 0.25) is 0 Å². The standard InChI is InChI=1S/C4H7N.C2H3N.Ti/c1-2-3-4-5;1-2-3;/h2-3H2,1H3;1H3;. The molecule has 9 heavy (non-hydrogen) atoms. The molecule has 0 aromatic rings. The first-order chi connectivity index (χ1) is 3.83. The van der Waals surface area contributed by atoms with Gasteiger partial charge in [-0.2, -0.15) is 10.5 Å². The summed E-state index contributed by atoms with van der Waals surface area (Å²) >= 11 is 0. The zero-order valence-electron chi connectivity index (χ0n) is 5.81. The largest absolute Gasteiger partial charge is 0.199 e. The second-order valence-corrected chi connectivity index (χ2v) is 1.13. The molecule has 0 spiro atoms. The van der Waals surface area contributed by atoms with Crippen molar-refractivity contribution < 1.29 is 21.7 Å². The van der Waals surface area contributed by atoms with Gasteiger partial charge in [-0.25, -0.2) is 0 Å². The number of unbranched alkanes of at least 4 members (excludes halogenated alkanes) is 1. The molecule has 0 rings (SSSR count). The van der Waals surface area contributed by atoms with Crippen molar-refractivity contribution in [2.24, 2.45) is 0 Å². The van der Waals surface area contributed by atoms with Crippen LogP contribution in [0.5, 0.6) is 0 Å². The van der Waals surface area contributed by atoms with Crippen LogP contribution in [0, 0.1) is 22.7 Å². The Hall–Kier alpha value is -0.306. The van der Waals surface area contributed by atoms with E-state index < -0.39 is 0 Å². The minimum Gasteiger partial charge on any atom is -0.199 e. The number of hydrogen-bond acceptors (Lipinski definition) is 2. The summed E-state index contributed by atoms with van der Waals surface area (Å²) in [5.41, 5.74) is 0. The summed E-state index contributed by atoms with van der Waals surface area (Å²) in [6, 6.07) is 3.77. The van der Waals surface area contributed by atoms with Gasteiger partial charge in [0.25, 0.3) is 0 Å². The van der Waals surface area contributed by atoms with Crippen molar-refractivity contribution >= 4 is 0 Å². The Labute approximate surface area is 71.4 Å². The van der Waals surface area contributed by atoms with Crippen LogP contribution in [-0.4, -0.2) is 0 Å². The molecule has 0 aliphatic heterocycles. The van der Waals surface area contributed by atoms with Crippen LogP contribution in [0.4, 0.5) is 0 Å². The molecule has 0 saturated carbocycles. The summed E-state index contributed by atoms with van der Waals surface area (Å²) in [5, 5.41) is 15.1. The minimum atomic E-state index is 0. The van der Waals surface area contributed by atoms with E-state index in [1.54, 1.807) is 6.07 Å². The van der Waals surface area contributed by atoms with Gasteiger partial charge in [-0.1, -0.05) is 6.92 Å². The number of hydrogen-bond donors (Lipinski definition) is 0. The molecule has 0 N–H and O–H groups in total. The van der Waals surface area contributed by atoms with Gasteiger partial charge in [-0.3, -0.25) is 0 Å². The Morgan fingerprint density at radius 3 is 1.67 bits per heavy atom. The van der Waals surface area contributed by atoms with Crippen molar-refractivity contribution in [2.45, 2.75) is 26.7 Å². The van der Waals surface area contributed by atoms with E-state index in [9.17, 15) is 0 Å². The van der Waals surface area contributed by atoms with Crippen LogP contribution in [-0.2, 0) is 21.7 Å². The molecule has 0 aliphatic rings. The molecule has 0 aromatic carbocycles. The van der Waals surface area contributed by atoms with Crippen molar-refractivity contribution in [3.8, 4) is 12.1 Å². The monoisotopic (exact) mass is 158 g/mol. The van der Waals surface area contributed by atoms with E-state index in [2.05, 4.69) is 0 Å². The van der Waals surface area contributed by atoms with Crippen molar-refractivity contribution in [3.05, 3.63) is 0 Å². The van der Waals surface area contributed by atoms with Gasteiger partial charge < -0.3 is 0 Å². The molecule has 0 saturated heterocycles. The molecule has 0 fully saturated rings. The Morgan fingerprint density at radius 2 is 1.67 bits per heavy atom. The molecular weight excluding hydrogens is 148 g/mol. The second kappa shape index (κ2) is 25.3. The van der Waals surface area contributed by atoms with Crippen molar-refractivity contribution in [1.82, 2.24) is 0 Å². The van der Waals surface area contributed by atoms with E-state index in [4.69, 9.17) is 10.5 Å². The first-order valence-corrected chi connectivity index (χ1v) is 2.51. The molecule has 0 aromatic heterocycles.